The third kappa shape index (κ3) is 3.12. The summed E-state index contributed by atoms with van der Waals surface area (Å²) in [5.41, 5.74) is 4.39. The molecule has 0 saturated heterocycles. The molecule has 0 radical (unpaired) electrons. The predicted molar refractivity (Wildman–Crippen MR) is 93.8 cm³/mol. The average molecular weight is 307 g/mol. The fraction of sp³-hybridized carbons (Fsp3) is 0.211. The summed E-state index contributed by atoms with van der Waals surface area (Å²) in [5, 5.41) is 11.5. The Morgan fingerprint density at radius 3 is 2.74 bits per heavy atom. The van der Waals surface area contributed by atoms with Gasteiger partial charge in [-0.25, -0.2) is 4.98 Å². The van der Waals surface area contributed by atoms with Crippen LogP contribution in [-0.2, 0) is 0 Å². The van der Waals surface area contributed by atoms with Crippen LogP contribution in [0.25, 0.3) is 10.8 Å². The van der Waals surface area contributed by atoms with Gasteiger partial charge in [0.25, 0.3) is 0 Å². The first-order chi connectivity index (χ1) is 11.2. The van der Waals surface area contributed by atoms with Crippen molar-refractivity contribution in [3.8, 4) is 0 Å². The molecule has 0 aliphatic rings. The number of anilines is 1. The van der Waals surface area contributed by atoms with Gasteiger partial charge in [-0.05, 0) is 28.8 Å². The van der Waals surface area contributed by atoms with Gasteiger partial charge >= 0.3 is 0 Å². The Labute approximate surface area is 136 Å². The van der Waals surface area contributed by atoms with E-state index in [1.165, 1.54) is 16.3 Å². The summed E-state index contributed by atoms with van der Waals surface area (Å²) in [6, 6.07) is 14.8. The normalized spacial score (nSPS) is 12.3. The Morgan fingerprint density at radius 2 is 2.04 bits per heavy atom. The lowest BCUT2D eigenvalue weighted by Crippen LogP contribution is -2.11. The summed E-state index contributed by atoms with van der Waals surface area (Å²) in [7, 11) is 0. The second-order valence-corrected chi connectivity index (χ2v) is 5.74. The van der Waals surface area contributed by atoms with Gasteiger partial charge in [0, 0.05) is 0 Å². The van der Waals surface area contributed by atoms with Gasteiger partial charge in [0.15, 0.2) is 5.82 Å². The van der Waals surface area contributed by atoms with E-state index in [1.807, 2.05) is 16.7 Å². The van der Waals surface area contributed by atoms with Gasteiger partial charge < -0.3 is 4.57 Å². The largest absolute Gasteiger partial charge is 0.324 e. The van der Waals surface area contributed by atoms with Gasteiger partial charge in [-0.15, -0.1) is 0 Å². The lowest BCUT2D eigenvalue weighted by atomic mass is 9.94. The van der Waals surface area contributed by atoms with Gasteiger partial charge in [0.05, 0.1) is 18.6 Å². The number of rotatable bonds is 6. The Bertz CT molecular complexity index is 822. The first-order valence-corrected chi connectivity index (χ1v) is 7.83. The second-order valence-electron chi connectivity index (χ2n) is 5.74. The number of benzene rings is 2. The van der Waals surface area contributed by atoms with Crippen molar-refractivity contribution >= 4 is 16.6 Å². The van der Waals surface area contributed by atoms with Crippen molar-refractivity contribution in [2.75, 3.05) is 5.48 Å². The highest BCUT2D eigenvalue weighted by molar-refractivity contribution is 5.83. The predicted octanol–water partition coefficient (Wildman–Crippen LogP) is 4.78. The smallest absolute Gasteiger partial charge is 0.167 e. The van der Waals surface area contributed by atoms with Crippen molar-refractivity contribution in [2.45, 2.75) is 25.8 Å². The molecule has 0 spiro atoms. The molecule has 0 aliphatic carbocycles. The fourth-order valence-electron chi connectivity index (χ4n) is 2.99. The van der Waals surface area contributed by atoms with Crippen molar-refractivity contribution < 1.29 is 5.21 Å². The Hall–Kier alpha value is -2.59. The maximum Gasteiger partial charge on any atom is 0.167 e. The summed E-state index contributed by atoms with van der Waals surface area (Å²) < 4.78 is 1.99. The Balaban J connectivity index is 2.06. The van der Waals surface area contributed by atoms with Crippen LogP contribution in [0.5, 0.6) is 0 Å². The molecule has 2 N–H and O–H groups in total. The minimum absolute atomic E-state index is 0.00848. The summed E-state index contributed by atoms with van der Waals surface area (Å²) in [5.74, 6) is 0.431. The molecular weight excluding hydrogens is 286 g/mol. The van der Waals surface area contributed by atoms with E-state index in [1.54, 1.807) is 12.5 Å². The van der Waals surface area contributed by atoms with Gasteiger partial charge in [-0.1, -0.05) is 61.9 Å². The van der Waals surface area contributed by atoms with E-state index >= 15 is 0 Å². The van der Waals surface area contributed by atoms with E-state index < -0.39 is 0 Å². The van der Waals surface area contributed by atoms with Crippen LogP contribution in [0.3, 0.4) is 0 Å². The number of fused-ring (bicyclic) bond motifs is 1. The molecule has 23 heavy (non-hydrogen) atoms. The Kier molecular flexibility index (Phi) is 4.44. The first kappa shape index (κ1) is 15.3. The highest BCUT2D eigenvalue weighted by Gasteiger charge is 2.17. The molecule has 3 rings (SSSR count). The van der Waals surface area contributed by atoms with Crippen LogP contribution in [0.1, 0.15) is 31.4 Å². The fourth-order valence-corrected chi connectivity index (χ4v) is 2.99. The van der Waals surface area contributed by atoms with Crippen LogP contribution in [0.2, 0.25) is 0 Å². The number of allylic oxidation sites excluding steroid dienone is 1. The maximum atomic E-state index is 9.04. The van der Waals surface area contributed by atoms with Crippen LogP contribution in [0.15, 0.2) is 67.1 Å². The quantitative estimate of drug-likeness (QED) is 0.509. The van der Waals surface area contributed by atoms with Crippen molar-refractivity contribution in [3.63, 3.8) is 0 Å². The second kappa shape index (κ2) is 6.67. The van der Waals surface area contributed by atoms with Crippen LogP contribution in [-0.4, -0.2) is 14.8 Å². The van der Waals surface area contributed by atoms with Crippen molar-refractivity contribution in [2.24, 2.45) is 0 Å². The number of imidazole rings is 1. The van der Waals surface area contributed by atoms with E-state index in [0.717, 1.165) is 18.4 Å². The molecule has 4 nitrogen and oxygen atoms in total. The zero-order valence-electron chi connectivity index (χ0n) is 13.2. The van der Waals surface area contributed by atoms with Crippen LogP contribution in [0.4, 0.5) is 5.82 Å². The SMILES string of the molecule is C=C(CCC)C(c1ccc2ccccc2c1)n1cnc(NO)c1. The molecule has 3 aromatic rings. The molecule has 0 fully saturated rings. The summed E-state index contributed by atoms with van der Waals surface area (Å²) >= 11 is 0. The molecule has 0 saturated carbocycles. The number of hydrogen-bond acceptors (Lipinski definition) is 3. The molecule has 1 unspecified atom stereocenters. The number of nitrogens with zero attached hydrogens (tertiary/aromatic N) is 2. The highest BCUT2D eigenvalue weighted by atomic mass is 16.5. The minimum atomic E-state index is 0.00848. The monoisotopic (exact) mass is 307 g/mol. The lowest BCUT2D eigenvalue weighted by Gasteiger charge is -2.22. The van der Waals surface area contributed by atoms with Crippen molar-refractivity contribution in [1.29, 1.82) is 0 Å². The molecule has 0 amide bonds. The van der Waals surface area contributed by atoms with Gasteiger partial charge in [-0.2, -0.15) is 0 Å². The summed E-state index contributed by atoms with van der Waals surface area (Å²) in [4.78, 5) is 4.15. The maximum absolute atomic E-state index is 9.04. The van der Waals surface area contributed by atoms with Gasteiger partial charge in [-0.3, -0.25) is 10.7 Å². The van der Waals surface area contributed by atoms with E-state index in [9.17, 15) is 0 Å². The van der Waals surface area contributed by atoms with E-state index in [4.69, 9.17) is 5.21 Å². The summed E-state index contributed by atoms with van der Waals surface area (Å²) in [6.07, 6.45) is 5.50. The topological polar surface area (TPSA) is 50.1 Å². The highest BCUT2D eigenvalue weighted by Crippen LogP contribution is 2.31. The van der Waals surface area contributed by atoms with Crippen LogP contribution in [0, 0.1) is 0 Å². The zero-order valence-corrected chi connectivity index (χ0v) is 13.2. The van der Waals surface area contributed by atoms with E-state index in [0.29, 0.717) is 5.82 Å². The molecule has 118 valence electrons. The van der Waals surface area contributed by atoms with Crippen molar-refractivity contribution in [3.05, 3.63) is 72.7 Å². The molecule has 0 bridgehead atoms. The number of aromatic nitrogens is 2. The number of nitrogens with one attached hydrogen (secondary N) is 1. The zero-order chi connectivity index (χ0) is 16.2. The third-order valence-corrected chi connectivity index (χ3v) is 4.06. The van der Waals surface area contributed by atoms with Crippen LogP contribution < -0.4 is 5.48 Å². The molecule has 1 atom stereocenters. The number of hydrogen-bond donors (Lipinski definition) is 2. The summed E-state index contributed by atoms with van der Waals surface area (Å²) in [6.45, 7) is 6.43. The third-order valence-electron chi connectivity index (χ3n) is 4.06. The molecule has 0 aliphatic heterocycles. The molecule has 1 aromatic heterocycles. The Morgan fingerprint density at radius 1 is 1.26 bits per heavy atom. The lowest BCUT2D eigenvalue weighted by molar-refractivity contribution is 0.386. The van der Waals surface area contributed by atoms with E-state index in [2.05, 4.69) is 54.3 Å². The molecule has 2 aromatic carbocycles. The molecular formula is C19H21N3O. The molecule has 4 heteroatoms. The minimum Gasteiger partial charge on any atom is -0.324 e. The van der Waals surface area contributed by atoms with Gasteiger partial charge in [0.1, 0.15) is 0 Å². The van der Waals surface area contributed by atoms with Crippen LogP contribution >= 0.6 is 0 Å². The van der Waals surface area contributed by atoms with E-state index in [-0.39, 0.29) is 6.04 Å². The molecule has 1 heterocycles. The van der Waals surface area contributed by atoms with Gasteiger partial charge in [0.2, 0.25) is 0 Å². The van der Waals surface area contributed by atoms with Crippen molar-refractivity contribution in [1.82, 2.24) is 9.55 Å². The standard InChI is InChI=1S/C19H21N3O/c1-3-6-14(2)19(22-12-18(21-23)20-13-22)17-10-9-15-7-4-5-8-16(15)11-17/h4-5,7-13,19,21,23H,2-3,6H2,1H3. The first-order valence-electron chi connectivity index (χ1n) is 7.83. The average Bonchev–Trinajstić information content (AvgIpc) is 3.04.